The Morgan fingerprint density at radius 1 is 1.12 bits per heavy atom. The van der Waals surface area contributed by atoms with Crippen molar-refractivity contribution >= 4 is 21.6 Å². The van der Waals surface area contributed by atoms with Gasteiger partial charge in [0.1, 0.15) is 5.75 Å². The van der Waals surface area contributed by atoms with Crippen molar-refractivity contribution in [2.24, 2.45) is 0 Å². The maximum atomic E-state index is 12.8. The Kier molecular flexibility index (Phi) is 6.68. The van der Waals surface area contributed by atoms with Crippen LogP contribution in [0.15, 0.2) is 42.5 Å². The third-order valence-corrected chi connectivity index (χ3v) is 6.79. The predicted octanol–water partition coefficient (Wildman–Crippen LogP) is 1.67. The summed E-state index contributed by atoms with van der Waals surface area (Å²) in [5.41, 5.74) is 3.55. The Hall–Kier alpha value is -2.62. The Morgan fingerprint density at radius 3 is 2.62 bits per heavy atom. The Bertz CT molecular complexity index is 1080. The zero-order valence-corrected chi connectivity index (χ0v) is 19.2. The van der Waals surface area contributed by atoms with E-state index in [0.717, 1.165) is 50.2 Å². The fourth-order valence-corrected chi connectivity index (χ4v) is 4.88. The molecule has 0 aromatic heterocycles. The van der Waals surface area contributed by atoms with E-state index in [2.05, 4.69) is 22.3 Å². The van der Waals surface area contributed by atoms with Gasteiger partial charge >= 0.3 is 0 Å². The van der Waals surface area contributed by atoms with Gasteiger partial charge in [0, 0.05) is 26.2 Å². The predicted molar refractivity (Wildman–Crippen MR) is 122 cm³/mol. The van der Waals surface area contributed by atoms with Crippen LogP contribution in [0.25, 0.3) is 0 Å². The molecule has 2 aliphatic rings. The summed E-state index contributed by atoms with van der Waals surface area (Å²) in [6, 6.07) is 13.4. The number of carbonyl (C=O) groups excluding carboxylic acids is 1. The fraction of sp³-hybridized carbons (Fsp3) is 0.435. The number of rotatable bonds is 6. The number of hydrogen-bond donors (Lipinski definition) is 1. The van der Waals surface area contributed by atoms with Gasteiger partial charge in [0.25, 0.3) is 5.91 Å². The first-order valence-corrected chi connectivity index (χ1v) is 12.5. The zero-order chi connectivity index (χ0) is 22.7. The highest BCUT2D eigenvalue weighted by Gasteiger charge is 2.35. The number of ether oxygens (including phenoxy) is 2. The number of nitrogens with zero attached hydrogens (tertiary/aromatic N) is 2. The highest BCUT2D eigenvalue weighted by Crippen LogP contribution is 2.35. The molecule has 1 atom stereocenters. The van der Waals surface area contributed by atoms with Crippen molar-refractivity contribution in [1.29, 1.82) is 0 Å². The van der Waals surface area contributed by atoms with Crippen molar-refractivity contribution in [2.45, 2.75) is 26.1 Å². The smallest absolute Gasteiger partial charge is 0.263 e. The maximum Gasteiger partial charge on any atom is 0.263 e. The number of nitrogens with one attached hydrogen (secondary N) is 1. The van der Waals surface area contributed by atoms with E-state index in [1.807, 2.05) is 25.1 Å². The lowest BCUT2D eigenvalue weighted by molar-refractivity contribution is -0.127. The second kappa shape index (κ2) is 9.48. The van der Waals surface area contributed by atoms with Crippen LogP contribution in [0.4, 0.5) is 5.69 Å². The summed E-state index contributed by atoms with van der Waals surface area (Å²) in [7, 11) is -3.55. The summed E-state index contributed by atoms with van der Waals surface area (Å²) >= 11 is 0. The van der Waals surface area contributed by atoms with E-state index in [1.54, 1.807) is 12.1 Å². The monoisotopic (exact) mass is 459 g/mol. The average molecular weight is 460 g/mol. The third-order valence-electron chi connectivity index (χ3n) is 5.64. The standard InChI is InChI=1S/C23H29N3O5S/c1-17-6-7-21-20(12-17)26(32(2,28)29)16-22(31-21)23(27)24-14-18-4-3-5-19(13-18)15-25-8-10-30-11-9-25/h3-7,12-13,22H,8-11,14-16H2,1-2H3,(H,24,27)/t22-/m1/s1. The molecule has 1 saturated heterocycles. The van der Waals surface area contributed by atoms with Gasteiger partial charge in [-0.2, -0.15) is 0 Å². The number of amides is 1. The molecule has 8 nitrogen and oxygen atoms in total. The van der Waals surface area contributed by atoms with E-state index >= 15 is 0 Å². The van der Waals surface area contributed by atoms with E-state index in [4.69, 9.17) is 9.47 Å². The Labute approximate surface area is 189 Å². The average Bonchev–Trinajstić information content (AvgIpc) is 2.77. The van der Waals surface area contributed by atoms with Crippen LogP contribution in [0.2, 0.25) is 0 Å². The molecule has 1 fully saturated rings. The molecule has 2 aromatic carbocycles. The molecule has 4 rings (SSSR count). The maximum absolute atomic E-state index is 12.8. The van der Waals surface area contributed by atoms with Crippen molar-refractivity contribution in [1.82, 2.24) is 10.2 Å². The van der Waals surface area contributed by atoms with E-state index < -0.39 is 16.1 Å². The Morgan fingerprint density at radius 2 is 1.88 bits per heavy atom. The molecule has 0 aliphatic carbocycles. The van der Waals surface area contributed by atoms with Gasteiger partial charge < -0.3 is 14.8 Å². The van der Waals surface area contributed by atoms with Gasteiger partial charge in [0.2, 0.25) is 10.0 Å². The second-order valence-corrected chi connectivity index (χ2v) is 10.2. The van der Waals surface area contributed by atoms with E-state index in [1.165, 1.54) is 9.87 Å². The molecule has 32 heavy (non-hydrogen) atoms. The summed E-state index contributed by atoms with van der Waals surface area (Å²) < 4.78 is 37.2. The number of benzene rings is 2. The minimum atomic E-state index is -3.55. The van der Waals surface area contributed by atoms with Gasteiger partial charge in [-0.1, -0.05) is 30.3 Å². The van der Waals surface area contributed by atoms with Gasteiger partial charge in [0.05, 0.1) is 31.7 Å². The summed E-state index contributed by atoms with van der Waals surface area (Å²) in [6.07, 6.45) is 0.218. The molecule has 0 saturated carbocycles. The first kappa shape index (κ1) is 22.6. The molecule has 1 N–H and O–H groups in total. The van der Waals surface area contributed by atoms with Crippen molar-refractivity contribution in [2.75, 3.05) is 43.4 Å². The number of carbonyl (C=O) groups is 1. The molecule has 0 bridgehead atoms. The Balaban J connectivity index is 1.41. The van der Waals surface area contributed by atoms with E-state index in [9.17, 15) is 13.2 Å². The molecular formula is C23H29N3O5S. The molecular weight excluding hydrogens is 430 g/mol. The van der Waals surface area contributed by atoms with Crippen molar-refractivity contribution in [3.05, 3.63) is 59.2 Å². The van der Waals surface area contributed by atoms with Gasteiger partial charge in [-0.05, 0) is 35.7 Å². The molecule has 9 heteroatoms. The van der Waals surface area contributed by atoms with Crippen molar-refractivity contribution in [3.8, 4) is 5.75 Å². The summed E-state index contributed by atoms with van der Waals surface area (Å²) in [4.78, 5) is 15.2. The highest BCUT2D eigenvalue weighted by atomic mass is 32.2. The topological polar surface area (TPSA) is 88.2 Å². The first-order chi connectivity index (χ1) is 15.3. The highest BCUT2D eigenvalue weighted by molar-refractivity contribution is 7.92. The number of anilines is 1. The molecule has 0 spiro atoms. The largest absolute Gasteiger partial charge is 0.476 e. The molecule has 172 valence electrons. The van der Waals surface area contributed by atoms with Crippen LogP contribution in [0.3, 0.4) is 0 Å². The molecule has 1 amide bonds. The second-order valence-electron chi connectivity index (χ2n) is 8.30. The summed E-state index contributed by atoms with van der Waals surface area (Å²) in [5, 5.41) is 2.89. The number of fused-ring (bicyclic) bond motifs is 1. The van der Waals surface area contributed by atoms with Crippen LogP contribution in [0.5, 0.6) is 5.75 Å². The molecule has 2 heterocycles. The minimum Gasteiger partial charge on any atom is -0.476 e. The number of sulfonamides is 1. The SMILES string of the molecule is Cc1ccc2c(c1)N(S(C)(=O)=O)C[C@H](C(=O)NCc1cccc(CN3CCOCC3)c1)O2. The molecule has 2 aromatic rings. The van der Waals surface area contributed by atoms with Gasteiger partial charge in [-0.3, -0.25) is 14.0 Å². The number of morpholine rings is 1. The summed E-state index contributed by atoms with van der Waals surface area (Å²) in [6.45, 7) is 6.35. The van der Waals surface area contributed by atoms with Crippen LogP contribution in [-0.4, -0.2) is 64.4 Å². The van der Waals surface area contributed by atoms with Gasteiger partial charge in [0.15, 0.2) is 6.10 Å². The van der Waals surface area contributed by atoms with Crippen LogP contribution < -0.4 is 14.4 Å². The van der Waals surface area contributed by atoms with Crippen LogP contribution in [0.1, 0.15) is 16.7 Å². The normalized spacial score (nSPS) is 19.2. The van der Waals surface area contributed by atoms with E-state index in [0.29, 0.717) is 18.0 Å². The molecule has 0 radical (unpaired) electrons. The summed E-state index contributed by atoms with van der Waals surface area (Å²) in [5.74, 6) is 0.0448. The van der Waals surface area contributed by atoms with Crippen LogP contribution >= 0.6 is 0 Å². The third kappa shape index (κ3) is 5.40. The zero-order valence-electron chi connectivity index (χ0n) is 18.4. The number of aryl methyl sites for hydroxylation is 1. The molecule has 0 unspecified atom stereocenters. The lowest BCUT2D eigenvalue weighted by Gasteiger charge is -2.34. The first-order valence-electron chi connectivity index (χ1n) is 10.7. The van der Waals surface area contributed by atoms with Crippen LogP contribution in [-0.2, 0) is 32.6 Å². The van der Waals surface area contributed by atoms with Crippen molar-refractivity contribution in [3.63, 3.8) is 0 Å². The van der Waals surface area contributed by atoms with Gasteiger partial charge in [-0.25, -0.2) is 8.42 Å². The number of hydrogen-bond acceptors (Lipinski definition) is 6. The fourth-order valence-electron chi connectivity index (χ4n) is 3.97. The minimum absolute atomic E-state index is 0.0574. The lowest BCUT2D eigenvalue weighted by atomic mass is 10.1. The lowest BCUT2D eigenvalue weighted by Crippen LogP contribution is -2.50. The van der Waals surface area contributed by atoms with E-state index in [-0.39, 0.29) is 12.5 Å². The van der Waals surface area contributed by atoms with Gasteiger partial charge in [-0.15, -0.1) is 0 Å². The quantitative estimate of drug-likeness (QED) is 0.707. The molecule has 2 aliphatic heterocycles. The van der Waals surface area contributed by atoms with Crippen LogP contribution in [0, 0.1) is 6.92 Å². The van der Waals surface area contributed by atoms with Crippen molar-refractivity contribution < 1.29 is 22.7 Å².